The first-order valence-electron chi connectivity index (χ1n) is 8.56. The van der Waals surface area contributed by atoms with Crippen molar-refractivity contribution in [3.05, 3.63) is 28.7 Å². The molecule has 0 aromatic carbocycles. The molecular weight excluding hydrogens is 310 g/mol. The molecule has 3 rings (SSSR count). The molecule has 1 aromatic rings. The van der Waals surface area contributed by atoms with Crippen LogP contribution in [0.25, 0.3) is 0 Å². The molecule has 1 amide bonds. The maximum Gasteiger partial charge on any atom is 0.266 e. The summed E-state index contributed by atoms with van der Waals surface area (Å²) in [6, 6.07) is 3.12. The Bertz CT molecular complexity index is 645. The van der Waals surface area contributed by atoms with E-state index in [0.717, 1.165) is 12.8 Å². The monoisotopic (exact) mass is 335 g/mol. The zero-order chi connectivity index (χ0) is 17.2. The molecule has 2 aliphatic heterocycles. The van der Waals surface area contributed by atoms with E-state index in [0.29, 0.717) is 32.8 Å². The summed E-state index contributed by atoms with van der Waals surface area (Å²) >= 11 is 0. The largest absolute Gasteiger partial charge is 0.377 e. The predicted octanol–water partition coefficient (Wildman–Crippen LogP) is 0.676. The van der Waals surface area contributed by atoms with Gasteiger partial charge >= 0.3 is 0 Å². The van der Waals surface area contributed by atoms with Crippen LogP contribution in [0.4, 0.5) is 0 Å². The van der Waals surface area contributed by atoms with Gasteiger partial charge in [-0.05, 0) is 18.9 Å². The fourth-order valence-electron chi connectivity index (χ4n) is 3.42. The lowest BCUT2D eigenvalue weighted by molar-refractivity contribution is -0.139. The minimum atomic E-state index is -0.468. The van der Waals surface area contributed by atoms with E-state index in [1.165, 1.54) is 10.7 Å². The van der Waals surface area contributed by atoms with E-state index < -0.39 is 5.60 Å². The van der Waals surface area contributed by atoms with Gasteiger partial charge in [-0.3, -0.25) is 9.59 Å². The summed E-state index contributed by atoms with van der Waals surface area (Å²) in [6.45, 7) is 6.43. The van der Waals surface area contributed by atoms with Crippen molar-refractivity contribution in [3.63, 3.8) is 0 Å². The minimum Gasteiger partial charge on any atom is -0.377 e. The maximum atomic E-state index is 12.4. The molecule has 2 saturated heterocycles. The number of amides is 1. The van der Waals surface area contributed by atoms with Crippen molar-refractivity contribution in [2.75, 3.05) is 26.3 Å². The molecule has 2 atom stereocenters. The van der Waals surface area contributed by atoms with E-state index in [1.807, 2.05) is 18.7 Å². The first-order valence-corrected chi connectivity index (χ1v) is 8.56. The van der Waals surface area contributed by atoms with Crippen LogP contribution in [0.5, 0.6) is 0 Å². The summed E-state index contributed by atoms with van der Waals surface area (Å²) in [5.41, 5.74) is -0.597. The zero-order valence-electron chi connectivity index (χ0n) is 14.3. The molecule has 132 valence electrons. The standard InChI is InChI=1S/C17H25N3O4/c1-13(2)16(22)19-8-9-23-12-17(11-19)6-5-14(24-17)10-20-15(21)4-3-7-18-20/h3-4,7,13-14H,5-6,8-12H2,1-2H3. The van der Waals surface area contributed by atoms with Crippen molar-refractivity contribution in [3.8, 4) is 0 Å². The van der Waals surface area contributed by atoms with Gasteiger partial charge in [-0.25, -0.2) is 4.68 Å². The van der Waals surface area contributed by atoms with E-state index in [4.69, 9.17) is 9.47 Å². The Morgan fingerprint density at radius 3 is 3.08 bits per heavy atom. The molecule has 1 aromatic heterocycles. The maximum absolute atomic E-state index is 12.4. The second-order valence-electron chi connectivity index (χ2n) is 6.97. The van der Waals surface area contributed by atoms with Crippen LogP contribution in [-0.4, -0.2) is 58.6 Å². The van der Waals surface area contributed by atoms with E-state index in [9.17, 15) is 9.59 Å². The third-order valence-corrected chi connectivity index (χ3v) is 4.66. The molecule has 7 nitrogen and oxygen atoms in total. The second-order valence-corrected chi connectivity index (χ2v) is 6.97. The van der Waals surface area contributed by atoms with Gasteiger partial charge in [0.25, 0.3) is 5.56 Å². The Kier molecular flexibility index (Phi) is 5.01. The normalized spacial score (nSPS) is 27.6. The van der Waals surface area contributed by atoms with Crippen molar-refractivity contribution >= 4 is 5.91 Å². The minimum absolute atomic E-state index is 0.0376. The van der Waals surface area contributed by atoms with Crippen molar-refractivity contribution in [1.82, 2.24) is 14.7 Å². The Labute approximate surface area is 141 Å². The van der Waals surface area contributed by atoms with Crippen LogP contribution < -0.4 is 5.56 Å². The summed E-state index contributed by atoms with van der Waals surface area (Å²) in [5.74, 6) is 0.0947. The van der Waals surface area contributed by atoms with Gasteiger partial charge in [0, 0.05) is 24.7 Å². The van der Waals surface area contributed by atoms with Crippen LogP contribution in [0.2, 0.25) is 0 Å². The number of rotatable bonds is 3. The van der Waals surface area contributed by atoms with Gasteiger partial charge in [0.1, 0.15) is 5.60 Å². The van der Waals surface area contributed by atoms with Crippen molar-refractivity contribution < 1.29 is 14.3 Å². The molecule has 0 radical (unpaired) electrons. The molecule has 0 bridgehead atoms. The highest BCUT2D eigenvalue weighted by molar-refractivity contribution is 5.78. The van der Waals surface area contributed by atoms with Gasteiger partial charge in [-0.15, -0.1) is 0 Å². The van der Waals surface area contributed by atoms with Crippen LogP contribution in [0, 0.1) is 5.92 Å². The predicted molar refractivity (Wildman–Crippen MR) is 87.6 cm³/mol. The first kappa shape index (κ1) is 17.1. The highest BCUT2D eigenvalue weighted by Gasteiger charge is 2.44. The van der Waals surface area contributed by atoms with Gasteiger partial charge in [0.2, 0.25) is 5.91 Å². The number of carbonyl (C=O) groups excluding carboxylic acids is 1. The van der Waals surface area contributed by atoms with Crippen LogP contribution in [0.1, 0.15) is 26.7 Å². The molecule has 2 fully saturated rings. The average Bonchev–Trinajstić information content (AvgIpc) is 2.82. The van der Waals surface area contributed by atoms with E-state index in [-0.39, 0.29) is 23.5 Å². The van der Waals surface area contributed by atoms with Gasteiger partial charge in [0.05, 0.1) is 32.4 Å². The third kappa shape index (κ3) is 3.67. The highest BCUT2D eigenvalue weighted by Crippen LogP contribution is 2.33. The number of carbonyl (C=O) groups is 1. The number of hydrogen-bond acceptors (Lipinski definition) is 5. The Morgan fingerprint density at radius 1 is 1.50 bits per heavy atom. The third-order valence-electron chi connectivity index (χ3n) is 4.66. The van der Waals surface area contributed by atoms with E-state index in [2.05, 4.69) is 5.10 Å². The summed E-state index contributed by atoms with van der Waals surface area (Å²) in [5, 5.41) is 4.09. The van der Waals surface area contributed by atoms with Gasteiger partial charge in [-0.1, -0.05) is 13.8 Å². The van der Waals surface area contributed by atoms with Crippen molar-refractivity contribution in [2.24, 2.45) is 5.92 Å². The number of nitrogens with zero attached hydrogens (tertiary/aromatic N) is 3. The van der Waals surface area contributed by atoms with Crippen LogP contribution in [0.3, 0.4) is 0 Å². The lowest BCUT2D eigenvalue weighted by atomic mass is 9.99. The average molecular weight is 335 g/mol. The summed E-state index contributed by atoms with van der Waals surface area (Å²) in [6.07, 6.45) is 3.16. The molecule has 7 heteroatoms. The quantitative estimate of drug-likeness (QED) is 0.812. The van der Waals surface area contributed by atoms with Crippen LogP contribution >= 0.6 is 0 Å². The number of aromatic nitrogens is 2. The Balaban J connectivity index is 1.69. The topological polar surface area (TPSA) is 73.7 Å². The fourth-order valence-corrected chi connectivity index (χ4v) is 3.42. The van der Waals surface area contributed by atoms with Crippen molar-refractivity contribution in [2.45, 2.75) is 44.9 Å². The molecule has 24 heavy (non-hydrogen) atoms. The van der Waals surface area contributed by atoms with Gasteiger partial charge in [-0.2, -0.15) is 5.10 Å². The molecule has 0 aliphatic carbocycles. The molecule has 2 unspecified atom stereocenters. The van der Waals surface area contributed by atoms with E-state index in [1.54, 1.807) is 12.3 Å². The lowest BCUT2D eigenvalue weighted by Crippen LogP contribution is -2.48. The van der Waals surface area contributed by atoms with Gasteiger partial charge < -0.3 is 14.4 Å². The molecule has 0 N–H and O–H groups in total. The zero-order valence-corrected chi connectivity index (χ0v) is 14.3. The second kappa shape index (κ2) is 7.03. The smallest absolute Gasteiger partial charge is 0.266 e. The fraction of sp³-hybridized carbons (Fsp3) is 0.706. The van der Waals surface area contributed by atoms with Crippen molar-refractivity contribution in [1.29, 1.82) is 0 Å². The summed E-state index contributed by atoms with van der Waals surface area (Å²) in [4.78, 5) is 26.0. The van der Waals surface area contributed by atoms with Crippen LogP contribution in [0.15, 0.2) is 23.1 Å². The SMILES string of the molecule is CC(C)C(=O)N1CCOCC2(CCC(Cn3ncccc3=O)O2)C1. The van der Waals surface area contributed by atoms with Crippen LogP contribution in [-0.2, 0) is 20.8 Å². The molecule has 3 heterocycles. The molecule has 0 saturated carbocycles. The summed E-state index contributed by atoms with van der Waals surface area (Å²) in [7, 11) is 0. The molecular formula is C17H25N3O4. The molecule has 2 aliphatic rings. The number of hydrogen-bond donors (Lipinski definition) is 0. The summed E-state index contributed by atoms with van der Waals surface area (Å²) < 4.78 is 13.4. The first-order chi connectivity index (χ1) is 11.5. The Hall–Kier alpha value is -1.73. The number of ether oxygens (including phenoxy) is 2. The van der Waals surface area contributed by atoms with Gasteiger partial charge in [0.15, 0.2) is 0 Å². The van der Waals surface area contributed by atoms with E-state index >= 15 is 0 Å². The molecule has 1 spiro atoms. The highest BCUT2D eigenvalue weighted by atomic mass is 16.6. The lowest BCUT2D eigenvalue weighted by Gasteiger charge is -2.32. The Morgan fingerprint density at radius 2 is 2.33 bits per heavy atom.